The third kappa shape index (κ3) is 4.40. The highest BCUT2D eigenvalue weighted by molar-refractivity contribution is 7.92. The van der Waals surface area contributed by atoms with Crippen LogP contribution in [0.15, 0.2) is 18.2 Å². The van der Waals surface area contributed by atoms with Crippen LogP contribution in [0.2, 0.25) is 0 Å². The maximum atomic E-state index is 13.0. The molecule has 4 nitrogen and oxygen atoms in total. The predicted octanol–water partition coefficient (Wildman–Crippen LogP) is 2.20. The molecule has 0 aliphatic heterocycles. The lowest BCUT2D eigenvalue weighted by molar-refractivity contribution is 0.340. The van der Waals surface area contributed by atoms with Crippen LogP contribution >= 0.6 is 11.6 Å². The Kier molecular flexibility index (Phi) is 5.02. The van der Waals surface area contributed by atoms with E-state index in [0.29, 0.717) is 6.61 Å². The van der Waals surface area contributed by atoms with Gasteiger partial charge in [-0.05, 0) is 19.1 Å². The Morgan fingerprint density at radius 3 is 2.76 bits per heavy atom. The number of rotatable bonds is 6. The van der Waals surface area contributed by atoms with Gasteiger partial charge >= 0.3 is 0 Å². The van der Waals surface area contributed by atoms with Crippen LogP contribution in [0.25, 0.3) is 0 Å². The van der Waals surface area contributed by atoms with E-state index in [1.54, 1.807) is 6.92 Å². The van der Waals surface area contributed by atoms with Crippen LogP contribution in [0, 0.1) is 5.82 Å². The summed E-state index contributed by atoms with van der Waals surface area (Å²) in [7, 11) is -3.52. The molecule has 1 rings (SSSR count). The molecule has 0 heterocycles. The normalized spacial score (nSPS) is 11.2. The standard InChI is InChI=1S/C10H13ClFNO3S/c1-2-16-10-7-8(12)3-4-9(10)13-17(14,15)6-5-11/h3-4,7,13H,2,5-6H2,1H3. The van der Waals surface area contributed by atoms with Crippen molar-refractivity contribution >= 4 is 27.3 Å². The van der Waals surface area contributed by atoms with Crippen molar-refractivity contribution in [1.82, 2.24) is 0 Å². The van der Waals surface area contributed by atoms with Gasteiger partial charge in [0.15, 0.2) is 0 Å². The summed E-state index contributed by atoms with van der Waals surface area (Å²) in [5.41, 5.74) is 0.207. The number of sulfonamides is 1. The average molecular weight is 282 g/mol. The van der Waals surface area contributed by atoms with Crippen LogP contribution in [0.4, 0.5) is 10.1 Å². The number of benzene rings is 1. The minimum Gasteiger partial charge on any atom is -0.492 e. The number of ether oxygens (including phenoxy) is 1. The van der Waals surface area contributed by atoms with Gasteiger partial charge in [-0.15, -0.1) is 11.6 Å². The second kappa shape index (κ2) is 6.07. The SMILES string of the molecule is CCOc1cc(F)ccc1NS(=O)(=O)CCCl. The molecule has 1 aromatic rings. The van der Waals surface area contributed by atoms with E-state index in [1.807, 2.05) is 0 Å². The summed E-state index contributed by atoms with van der Waals surface area (Å²) in [5, 5.41) is 0. The molecule has 0 bridgehead atoms. The van der Waals surface area contributed by atoms with Gasteiger partial charge in [0.1, 0.15) is 11.6 Å². The lowest BCUT2D eigenvalue weighted by atomic mass is 10.3. The Balaban J connectivity index is 2.97. The monoisotopic (exact) mass is 281 g/mol. The third-order valence-electron chi connectivity index (χ3n) is 1.85. The molecule has 0 aromatic heterocycles. The van der Waals surface area contributed by atoms with Crippen molar-refractivity contribution in [2.24, 2.45) is 0 Å². The fraction of sp³-hybridized carbons (Fsp3) is 0.400. The molecule has 7 heteroatoms. The highest BCUT2D eigenvalue weighted by Gasteiger charge is 2.13. The number of alkyl halides is 1. The fourth-order valence-electron chi connectivity index (χ4n) is 1.18. The smallest absolute Gasteiger partial charge is 0.234 e. The van der Waals surface area contributed by atoms with E-state index < -0.39 is 15.8 Å². The van der Waals surface area contributed by atoms with E-state index >= 15 is 0 Å². The molecule has 0 aliphatic rings. The van der Waals surface area contributed by atoms with Gasteiger partial charge in [0.05, 0.1) is 18.0 Å². The molecule has 0 atom stereocenters. The lowest BCUT2D eigenvalue weighted by Gasteiger charge is -2.12. The molecule has 0 saturated heterocycles. The molecule has 0 fully saturated rings. The van der Waals surface area contributed by atoms with Gasteiger partial charge in [0.2, 0.25) is 10.0 Å². The summed E-state index contributed by atoms with van der Waals surface area (Å²) in [6.45, 7) is 2.04. The number of hydrogen-bond donors (Lipinski definition) is 1. The summed E-state index contributed by atoms with van der Waals surface area (Å²) in [6, 6.07) is 3.59. The Labute approximate surface area is 105 Å². The van der Waals surface area contributed by atoms with Crippen molar-refractivity contribution < 1.29 is 17.5 Å². The summed E-state index contributed by atoms with van der Waals surface area (Å²) < 4.78 is 43.4. The largest absolute Gasteiger partial charge is 0.492 e. The van der Waals surface area contributed by atoms with Gasteiger partial charge in [-0.2, -0.15) is 0 Å². The van der Waals surface area contributed by atoms with Gasteiger partial charge in [-0.25, -0.2) is 12.8 Å². The maximum Gasteiger partial charge on any atom is 0.234 e. The first-order valence-corrected chi connectivity index (χ1v) is 7.16. The topological polar surface area (TPSA) is 55.4 Å². The van der Waals surface area contributed by atoms with Crippen LogP contribution < -0.4 is 9.46 Å². The predicted molar refractivity (Wildman–Crippen MR) is 65.7 cm³/mol. The van der Waals surface area contributed by atoms with Crippen LogP contribution in [-0.2, 0) is 10.0 Å². The van der Waals surface area contributed by atoms with E-state index in [0.717, 1.165) is 12.1 Å². The zero-order valence-electron chi connectivity index (χ0n) is 9.24. The summed E-state index contributed by atoms with van der Waals surface area (Å²) in [4.78, 5) is 0. The van der Waals surface area contributed by atoms with Crippen molar-refractivity contribution in [3.05, 3.63) is 24.0 Å². The van der Waals surface area contributed by atoms with Crippen LogP contribution in [0.5, 0.6) is 5.75 Å². The van der Waals surface area contributed by atoms with E-state index in [4.69, 9.17) is 16.3 Å². The molecule has 17 heavy (non-hydrogen) atoms. The van der Waals surface area contributed by atoms with E-state index in [2.05, 4.69) is 4.72 Å². The van der Waals surface area contributed by atoms with Gasteiger partial charge in [-0.3, -0.25) is 4.72 Å². The molecule has 1 aromatic carbocycles. The van der Waals surface area contributed by atoms with Crippen molar-refractivity contribution in [1.29, 1.82) is 0 Å². The Hall–Kier alpha value is -1.01. The first-order valence-electron chi connectivity index (χ1n) is 4.97. The summed E-state index contributed by atoms with van der Waals surface area (Å²) >= 11 is 5.37. The maximum absolute atomic E-state index is 13.0. The van der Waals surface area contributed by atoms with Gasteiger partial charge < -0.3 is 4.74 Å². The van der Waals surface area contributed by atoms with Crippen LogP contribution in [0.3, 0.4) is 0 Å². The molecular weight excluding hydrogens is 269 g/mol. The first kappa shape index (κ1) is 14.1. The number of nitrogens with one attached hydrogen (secondary N) is 1. The highest BCUT2D eigenvalue weighted by Crippen LogP contribution is 2.26. The van der Waals surface area contributed by atoms with Gasteiger partial charge in [0.25, 0.3) is 0 Å². The second-order valence-corrected chi connectivity index (χ2v) is 5.40. The highest BCUT2D eigenvalue weighted by atomic mass is 35.5. The van der Waals surface area contributed by atoms with E-state index in [1.165, 1.54) is 6.07 Å². The molecule has 0 amide bonds. The Morgan fingerprint density at radius 1 is 1.47 bits per heavy atom. The molecule has 0 spiro atoms. The van der Waals surface area contributed by atoms with Crippen LogP contribution in [0.1, 0.15) is 6.92 Å². The van der Waals surface area contributed by atoms with Crippen LogP contribution in [-0.4, -0.2) is 26.7 Å². The molecular formula is C10H13ClFNO3S. The van der Waals surface area contributed by atoms with Crippen molar-refractivity contribution in [3.8, 4) is 5.75 Å². The first-order chi connectivity index (χ1) is 7.98. The zero-order valence-corrected chi connectivity index (χ0v) is 10.8. The fourth-order valence-corrected chi connectivity index (χ4v) is 2.59. The third-order valence-corrected chi connectivity index (χ3v) is 3.54. The molecule has 0 unspecified atom stereocenters. The molecule has 0 aliphatic carbocycles. The van der Waals surface area contributed by atoms with E-state index in [9.17, 15) is 12.8 Å². The summed E-state index contributed by atoms with van der Waals surface area (Å²) in [6.07, 6.45) is 0. The molecule has 96 valence electrons. The zero-order chi connectivity index (χ0) is 12.9. The number of anilines is 1. The van der Waals surface area contributed by atoms with Crippen molar-refractivity contribution in [2.45, 2.75) is 6.92 Å². The number of hydrogen-bond acceptors (Lipinski definition) is 3. The second-order valence-electron chi connectivity index (χ2n) is 3.18. The average Bonchev–Trinajstić information content (AvgIpc) is 2.22. The molecule has 0 radical (unpaired) electrons. The Morgan fingerprint density at radius 2 is 2.18 bits per heavy atom. The molecule has 1 N–H and O–H groups in total. The number of halogens is 2. The van der Waals surface area contributed by atoms with E-state index in [-0.39, 0.29) is 23.1 Å². The van der Waals surface area contributed by atoms with Crippen molar-refractivity contribution in [3.63, 3.8) is 0 Å². The molecule has 0 saturated carbocycles. The van der Waals surface area contributed by atoms with Crippen molar-refractivity contribution in [2.75, 3.05) is 23.0 Å². The quantitative estimate of drug-likeness (QED) is 0.814. The summed E-state index contributed by atoms with van der Waals surface area (Å²) in [5.74, 6) is -0.558. The minimum atomic E-state index is -3.52. The minimum absolute atomic E-state index is 0.0134. The van der Waals surface area contributed by atoms with Gasteiger partial charge in [-0.1, -0.05) is 0 Å². The Bertz CT molecular complexity index is 478. The lowest BCUT2D eigenvalue weighted by Crippen LogP contribution is -2.18. The van der Waals surface area contributed by atoms with Gasteiger partial charge in [0, 0.05) is 11.9 Å².